The van der Waals surface area contributed by atoms with Crippen molar-refractivity contribution in [3.8, 4) is 5.75 Å². The molecule has 1 amide bonds. The number of hydrogen-bond donors (Lipinski definition) is 1. The molecule has 3 aromatic carbocycles. The minimum absolute atomic E-state index is 0.242. The number of methoxy groups -OCH3 is 1. The van der Waals surface area contributed by atoms with Gasteiger partial charge in [0.15, 0.2) is 0 Å². The number of nitrogens with one attached hydrogen (secondary N) is 1. The molecule has 1 N–H and O–H groups in total. The Morgan fingerprint density at radius 3 is 2.48 bits per heavy atom. The number of hydrogen-bond acceptors (Lipinski definition) is 4. The number of aryl methyl sites for hydroxylation is 1. The first-order valence-corrected chi connectivity index (χ1v) is 11.4. The van der Waals surface area contributed by atoms with Crippen molar-refractivity contribution in [2.45, 2.75) is 31.2 Å². The summed E-state index contributed by atoms with van der Waals surface area (Å²) in [4.78, 5) is 13.1. The Kier molecular flexibility index (Phi) is 5.45. The number of fused-ring (bicyclic) bond motifs is 1. The second-order valence-electron chi connectivity index (χ2n) is 7.66. The topological polar surface area (TPSA) is 75.7 Å². The van der Waals surface area contributed by atoms with Crippen molar-refractivity contribution in [2.75, 3.05) is 16.7 Å². The zero-order valence-electron chi connectivity index (χ0n) is 17.6. The van der Waals surface area contributed by atoms with Gasteiger partial charge in [-0.1, -0.05) is 29.8 Å². The predicted octanol–water partition coefficient (Wildman–Crippen LogP) is 4.40. The number of ether oxygens (including phenoxy) is 1. The van der Waals surface area contributed by atoms with E-state index in [-0.39, 0.29) is 16.8 Å². The quantitative estimate of drug-likeness (QED) is 0.643. The fraction of sp³-hybridized carbons (Fsp3) is 0.208. The highest BCUT2D eigenvalue weighted by Crippen LogP contribution is 2.37. The number of para-hydroxylation sites is 2. The van der Waals surface area contributed by atoms with Gasteiger partial charge in [0.25, 0.3) is 15.9 Å². The van der Waals surface area contributed by atoms with Crippen LogP contribution in [-0.4, -0.2) is 27.5 Å². The zero-order chi connectivity index (χ0) is 22.2. The Bertz CT molecular complexity index is 1240. The standard InChI is InChI=1S/C24H24N2O4S/c1-16-8-11-20(12-9-16)31(28,29)26-17(2)14-19-15-18(10-13-22(19)26)24(27)25-21-6-4-5-7-23(21)30-3/h4-13,15,17H,14H2,1-3H3,(H,25,27)/t17-/m1/s1. The maximum atomic E-state index is 13.3. The largest absolute Gasteiger partial charge is 0.495 e. The smallest absolute Gasteiger partial charge is 0.264 e. The number of rotatable bonds is 5. The van der Waals surface area contributed by atoms with E-state index in [0.29, 0.717) is 29.1 Å². The average Bonchev–Trinajstić information content (AvgIpc) is 3.10. The summed E-state index contributed by atoms with van der Waals surface area (Å²) in [6, 6.07) is 18.9. The molecule has 3 aromatic rings. The predicted molar refractivity (Wildman–Crippen MR) is 121 cm³/mol. The van der Waals surface area contributed by atoms with Crippen LogP contribution in [0.4, 0.5) is 11.4 Å². The maximum absolute atomic E-state index is 13.3. The Morgan fingerprint density at radius 1 is 1.06 bits per heavy atom. The second kappa shape index (κ2) is 8.07. The van der Waals surface area contributed by atoms with Crippen LogP contribution in [0, 0.1) is 6.92 Å². The second-order valence-corrected chi connectivity index (χ2v) is 9.48. The highest BCUT2D eigenvalue weighted by molar-refractivity contribution is 7.92. The van der Waals surface area contributed by atoms with Crippen LogP contribution < -0.4 is 14.4 Å². The molecule has 1 heterocycles. The lowest BCUT2D eigenvalue weighted by molar-refractivity contribution is 0.102. The van der Waals surface area contributed by atoms with Gasteiger partial charge in [-0.2, -0.15) is 0 Å². The third kappa shape index (κ3) is 3.88. The Morgan fingerprint density at radius 2 is 1.77 bits per heavy atom. The van der Waals surface area contributed by atoms with Crippen molar-refractivity contribution in [1.29, 1.82) is 0 Å². The number of amides is 1. The van der Waals surface area contributed by atoms with Crippen molar-refractivity contribution in [3.05, 3.63) is 83.4 Å². The molecule has 0 unspecified atom stereocenters. The third-order valence-corrected chi connectivity index (χ3v) is 7.37. The molecule has 4 rings (SSSR count). The number of anilines is 2. The molecule has 1 aliphatic heterocycles. The molecule has 0 fully saturated rings. The number of sulfonamides is 1. The Balaban J connectivity index is 1.63. The fourth-order valence-electron chi connectivity index (χ4n) is 3.88. The first-order valence-electron chi connectivity index (χ1n) is 9.99. The van der Waals surface area contributed by atoms with Crippen LogP contribution in [0.25, 0.3) is 0 Å². The number of benzene rings is 3. The first kappa shape index (κ1) is 20.9. The molecule has 7 heteroatoms. The van der Waals surface area contributed by atoms with Gasteiger partial charge in [0.2, 0.25) is 0 Å². The lowest BCUT2D eigenvalue weighted by Crippen LogP contribution is -2.35. The van der Waals surface area contributed by atoms with Crippen LogP contribution >= 0.6 is 0 Å². The molecular weight excluding hydrogens is 412 g/mol. The van der Waals surface area contributed by atoms with Crippen LogP contribution in [-0.2, 0) is 16.4 Å². The van der Waals surface area contributed by atoms with Crippen molar-refractivity contribution in [3.63, 3.8) is 0 Å². The molecule has 0 saturated heterocycles. The molecule has 0 aliphatic carbocycles. The molecule has 31 heavy (non-hydrogen) atoms. The first-order chi connectivity index (χ1) is 14.8. The van der Waals surface area contributed by atoms with E-state index in [1.807, 2.05) is 26.0 Å². The summed E-state index contributed by atoms with van der Waals surface area (Å²) in [6.07, 6.45) is 0.538. The van der Waals surface area contributed by atoms with Gasteiger partial charge in [0, 0.05) is 11.6 Å². The molecule has 1 atom stereocenters. The minimum atomic E-state index is -3.69. The molecule has 0 aromatic heterocycles. The molecule has 160 valence electrons. The highest BCUT2D eigenvalue weighted by Gasteiger charge is 2.36. The van der Waals surface area contributed by atoms with Crippen molar-refractivity contribution >= 4 is 27.3 Å². The van der Waals surface area contributed by atoms with Gasteiger partial charge in [-0.25, -0.2) is 8.42 Å². The van der Waals surface area contributed by atoms with Crippen LogP contribution in [0.3, 0.4) is 0 Å². The summed E-state index contributed by atoms with van der Waals surface area (Å²) in [5.74, 6) is 0.292. The van der Waals surface area contributed by atoms with E-state index in [2.05, 4.69) is 5.32 Å². The summed E-state index contributed by atoms with van der Waals surface area (Å²) in [5, 5.41) is 2.86. The lowest BCUT2D eigenvalue weighted by Gasteiger charge is -2.24. The SMILES string of the molecule is COc1ccccc1NC(=O)c1ccc2c(c1)C[C@@H](C)N2S(=O)(=O)c1ccc(C)cc1. The van der Waals surface area contributed by atoms with Crippen molar-refractivity contribution < 1.29 is 17.9 Å². The number of carbonyl (C=O) groups is 1. The highest BCUT2D eigenvalue weighted by atomic mass is 32.2. The number of nitrogens with zero attached hydrogens (tertiary/aromatic N) is 1. The molecule has 0 bridgehead atoms. The number of carbonyl (C=O) groups excluding carboxylic acids is 1. The van der Waals surface area contributed by atoms with Gasteiger partial charge in [-0.15, -0.1) is 0 Å². The summed E-state index contributed by atoms with van der Waals surface area (Å²) in [6.45, 7) is 3.79. The van der Waals surface area contributed by atoms with E-state index in [4.69, 9.17) is 4.74 Å². The third-order valence-electron chi connectivity index (χ3n) is 5.43. The lowest BCUT2D eigenvalue weighted by atomic mass is 10.1. The molecule has 6 nitrogen and oxygen atoms in total. The van der Waals surface area contributed by atoms with E-state index in [9.17, 15) is 13.2 Å². The normalized spacial score (nSPS) is 15.5. The van der Waals surface area contributed by atoms with Gasteiger partial charge in [-0.3, -0.25) is 9.10 Å². The van der Waals surface area contributed by atoms with E-state index < -0.39 is 10.0 Å². The average molecular weight is 437 g/mol. The van der Waals surface area contributed by atoms with Crippen LogP contribution in [0.1, 0.15) is 28.4 Å². The zero-order valence-corrected chi connectivity index (χ0v) is 18.4. The van der Waals surface area contributed by atoms with Crippen molar-refractivity contribution in [2.24, 2.45) is 0 Å². The van der Waals surface area contributed by atoms with E-state index in [1.165, 1.54) is 4.31 Å². The monoisotopic (exact) mass is 436 g/mol. The molecule has 0 radical (unpaired) electrons. The summed E-state index contributed by atoms with van der Waals surface area (Å²) in [5.41, 5.74) is 3.48. The minimum Gasteiger partial charge on any atom is -0.495 e. The van der Waals surface area contributed by atoms with Gasteiger partial charge < -0.3 is 10.1 Å². The molecule has 1 aliphatic rings. The summed E-state index contributed by atoms with van der Waals surface area (Å²) < 4.78 is 33.3. The van der Waals surface area contributed by atoms with Crippen LogP contribution in [0.2, 0.25) is 0 Å². The molecule has 0 spiro atoms. The van der Waals surface area contributed by atoms with E-state index in [0.717, 1.165) is 11.1 Å². The Labute approximate surface area is 182 Å². The summed E-state index contributed by atoms with van der Waals surface area (Å²) >= 11 is 0. The Hall–Kier alpha value is -3.32. The van der Waals surface area contributed by atoms with Crippen LogP contribution in [0.5, 0.6) is 5.75 Å². The van der Waals surface area contributed by atoms with E-state index in [1.54, 1.807) is 61.7 Å². The van der Waals surface area contributed by atoms with Gasteiger partial charge in [0.1, 0.15) is 5.75 Å². The van der Waals surface area contributed by atoms with Gasteiger partial charge in [-0.05, 0) is 68.3 Å². The van der Waals surface area contributed by atoms with Crippen molar-refractivity contribution in [1.82, 2.24) is 0 Å². The van der Waals surface area contributed by atoms with Crippen LogP contribution in [0.15, 0.2) is 71.6 Å². The van der Waals surface area contributed by atoms with Gasteiger partial charge in [0.05, 0.1) is 23.4 Å². The van der Waals surface area contributed by atoms with E-state index >= 15 is 0 Å². The maximum Gasteiger partial charge on any atom is 0.264 e. The fourth-order valence-corrected chi connectivity index (χ4v) is 5.57. The summed E-state index contributed by atoms with van der Waals surface area (Å²) in [7, 11) is -2.15. The molecule has 0 saturated carbocycles. The van der Waals surface area contributed by atoms with Gasteiger partial charge >= 0.3 is 0 Å². The molecular formula is C24H24N2O4S.